The Balaban J connectivity index is 0.00000176. The molecule has 0 saturated carbocycles. The Hall–Kier alpha value is -1.17. The van der Waals surface area contributed by atoms with Crippen molar-refractivity contribution in [2.24, 2.45) is 0 Å². The first-order valence-electron chi connectivity index (χ1n) is 7.69. The van der Waals surface area contributed by atoms with Crippen molar-refractivity contribution < 1.29 is 9.18 Å². The fourth-order valence-electron chi connectivity index (χ4n) is 3.25. The third kappa shape index (κ3) is 4.41. The largest absolute Gasteiger partial charge is 0.351 e. The van der Waals surface area contributed by atoms with Crippen LogP contribution in [0.2, 0.25) is 0 Å². The molecule has 0 radical (unpaired) electrons. The third-order valence-electron chi connectivity index (χ3n) is 4.41. The minimum atomic E-state index is -0.269. The van der Waals surface area contributed by atoms with Crippen LogP contribution in [0.5, 0.6) is 0 Å². The van der Waals surface area contributed by atoms with E-state index in [0.717, 1.165) is 19.5 Å². The first-order valence-corrected chi connectivity index (χ1v) is 7.69. The molecule has 4 nitrogen and oxygen atoms in total. The lowest BCUT2D eigenvalue weighted by Crippen LogP contribution is -2.41. The van der Waals surface area contributed by atoms with Crippen LogP contribution in [0, 0.1) is 5.82 Å². The predicted octanol–water partition coefficient (Wildman–Crippen LogP) is 1.69. The second-order valence-corrected chi connectivity index (χ2v) is 6.03. The highest BCUT2D eigenvalue weighted by atomic mass is 35.5. The van der Waals surface area contributed by atoms with Gasteiger partial charge in [-0.05, 0) is 25.3 Å². The predicted molar refractivity (Wildman–Crippen MR) is 86.5 cm³/mol. The lowest BCUT2D eigenvalue weighted by atomic mass is 10.1. The maximum Gasteiger partial charge on any atom is 0.234 e. The van der Waals surface area contributed by atoms with E-state index in [1.54, 1.807) is 18.2 Å². The van der Waals surface area contributed by atoms with Gasteiger partial charge in [0.25, 0.3) is 0 Å². The van der Waals surface area contributed by atoms with Gasteiger partial charge in [0.2, 0.25) is 5.91 Å². The molecule has 2 unspecified atom stereocenters. The van der Waals surface area contributed by atoms with E-state index in [9.17, 15) is 9.18 Å². The molecular weight excluding hydrogens is 305 g/mol. The zero-order valence-corrected chi connectivity index (χ0v) is 13.4. The summed E-state index contributed by atoms with van der Waals surface area (Å²) in [6.07, 6.45) is 3.58. The Bertz CT molecular complexity index is 514. The molecule has 2 aliphatic rings. The smallest absolute Gasteiger partial charge is 0.234 e. The second-order valence-electron chi connectivity index (χ2n) is 6.03. The van der Waals surface area contributed by atoms with E-state index in [-0.39, 0.29) is 30.7 Å². The van der Waals surface area contributed by atoms with Gasteiger partial charge in [-0.15, -0.1) is 12.4 Å². The Labute approximate surface area is 136 Å². The van der Waals surface area contributed by atoms with Crippen LogP contribution < -0.4 is 10.6 Å². The van der Waals surface area contributed by atoms with E-state index in [0.29, 0.717) is 24.2 Å². The Kier molecular flexibility index (Phi) is 6.17. The molecule has 1 aromatic rings. The minimum absolute atomic E-state index is 0. The van der Waals surface area contributed by atoms with Gasteiger partial charge in [-0.25, -0.2) is 4.39 Å². The molecule has 0 aromatic heterocycles. The Morgan fingerprint density at radius 2 is 2.05 bits per heavy atom. The fraction of sp³-hybridized carbons (Fsp3) is 0.562. The zero-order valence-electron chi connectivity index (χ0n) is 12.6. The van der Waals surface area contributed by atoms with Crippen molar-refractivity contribution in [2.45, 2.75) is 37.9 Å². The summed E-state index contributed by atoms with van der Waals surface area (Å²) in [4.78, 5) is 14.2. The average Bonchev–Trinajstić information content (AvgIpc) is 2.81. The highest BCUT2D eigenvalue weighted by Crippen LogP contribution is 2.20. The van der Waals surface area contributed by atoms with Gasteiger partial charge in [0.05, 0.1) is 6.54 Å². The summed E-state index contributed by atoms with van der Waals surface area (Å²) in [6, 6.07) is 7.70. The van der Waals surface area contributed by atoms with Crippen LogP contribution in [0.1, 0.15) is 24.8 Å². The number of rotatable bonds is 4. The van der Waals surface area contributed by atoms with Gasteiger partial charge in [-0.3, -0.25) is 9.69 Å². The molecule has 2 bridgehead atoms. The van der Waals surface area contributed by atoms with Crippen molar-refractivity contribution in [1.82, 2.24) is 15.5 Å². The van der Waals surface area contributed by atoms with Crippen molar-refractivity contribution in [2.75, 3.05) is 19.6 Å². The first kappa shape index (κ1) is 17.2. The number of likely N-dealkylation sites (tertiary alicyclic amines) is 1. The van der Waals surface area contributed by atoms with Crippen LogP contribution >= 0.6 is 12.4 Å². The van der Waals surface area contributed by atoms with Gasteiger partial charge >= 0.3 is 0 Å². The number of carbonyl (C=O) groups is 1. The molecule has 2 fully saturated rings. The number of nitrogens with zero attached hydrogens (tertiary/aromatic N) is 1. The van der Waals surface area contributed by atoms with Crippen molar-refractivity contribution >= 4 is 18.3 Å². The molecule has 0 aliphatic carbocycles. The Morgan fingerprint density at radius 1 is 1.27 bits per heavy atom. The number of carbonyl (C=O) groups excluding carboxylic acids is 1. The van der Waals surface area contributed by atoms with Crippen LogP contribution in [-0.2, 0) is 11.3 Å². The standard InChI is InChI=1S/C16H22FN3O.ClH/c17-15-4-2-1-3-12(15)9-18-16(21)11-20-8-7-13-5-6-14(10-20)19-13;/h1-4,13-14,19H,5-11H2,(H,18,21);1H. The van der Waals surface area contributed by atoms with Crippen molar-refractivity contribution in [3.63, 3.8) is 0 Å². The van der Waals surface area contributed by atoms with Gasteiger partial charge in [0.15, 0.2) is 0 Å². The van der Waals surface area contributed by atoms with E-state index in [1.807, 2.05) is 0 Å². The minimum Gasteiger partial charge on any atom is -0.351 e. The molecule has 1 aromatic carbocycles. The lowest BCUT2D eigenvalue weighted by Gasteiger charge is -2.23. The average molecular weight is 328 g/mol. The van der Waals surface area contributed by atoms with Crippen molar-refractivity contribution in [1.29, 1.82) is 0 Å². The fourth-order valence-corrected chi connectivity index (χ4v) is 3.25. The van der Waals surface area contributed by atoms with E-state index >= 15 is 0 Å². The zero-order chi connectivity index (χ0) is 14.7. The molecule has 3 rings (SSSR count). The van der Waals surface area contributed by atoms with Gasteiger partial charge in [-0.1, -0.05) is 18.2 Å². The van der Waals surface area contributed by atoms with Crippen LogP contribution in [0.3, 0.4) is 0 Å². The number of halogens is 2. The van der Waals surface area contributed by atoms with Gasteiger partial charge in [0, 0.05) is 37.3 Å². The van der Waals surface area contributed by atoms with Gasteiger partial charge < -0.3 is 10.6 Å². The molecule has 2 N–H and O–H groups in total. The van der Waals surface area contributed by atoms with E-state index in [4.69, 9.17) is 0 Å². The summed E-state index contributed by atoms with van der Waals surface area (Å²) >= 11 is 0. The third-order valence-corrected chi connectivity index (χ3v) is 4.41. The molecule has 2 atom stereocenters. The molecule has 0 spiro atoms. The summed E-state index contributed by atoms with van der Waals surface area (Å²) in [5.41, 5.74) is 0.530. The van der Waals surface area contributed by atoms with Crippen molar-refractivity contribution in [3.8, 4) is 0 Å². The lowest BCUT2D eigenvalue weighted by molar-refractivity contribution is -0.122. The molecule has 2 saturated heterocycles. The second kappa shape index (κ2) is 7.90. The van der Waals surface area contributed by atoms with E-state index < -0.39 is 0 Å². The summed E-state index contributed by atoms with van der Waals surface area (Å²) < 4.78 is 13.5. The molecule has 2 heterocycles. The van der Waals surface area contributed by atoms with Crippen LogP contribution in [-0.4, -0.2) is 42.5 Å². The normalized spacial score (nSPS) is 24.4. The number of fused-ring (bicyclic) bond motifs is 2. The summed E-state index contributed by atoms with van der Waals surface area (Å²) in [5, 5.41) is 6.41. The molecule has 122 valence electrons. The monoisotopic (exact) mass is 327 g/mol. The van der Waals surface area contributed by atoms with Crippen LogP contribution in [0.4, 0.5) is 4.39 Å². The van der Waals surface area contributed by atoms with E-state index in [2.05, 4.69) is 15.5 Å². The number of hydrogen-bond acceptors (Lipinski definition) is 3. The van der Waals surface area contributed by atoms with Crippen LogP contribution in [0.25, 0.3) is 0 Å². The topological polar surface area (TPSA) is 44.4 Å². The summed E-state index contributed by atoms with van der Waals surface area (Å²) in [5.74, 6) is -0.301. The van der Waals surface area contributed by atoms with Crippen LogP contribution in [0.15, 0.2) is 24.3 Å². The molecular formula is C16H23ClFN3O. The SMILES string of the molecule is Cl.O=C(CN1CCC2CCC(C1)N2)NCc1ccccc1F. The quantitative estimate of drug-likeness (QED) is 0.884. The number of benzene rings is 1. The highest BCUT2D eigenvalue weighted by molar-refractivity contribution is 5.85. The molecule has 1 amide bonds. The van der Waals surface area contributed by atoms with Gasteiger partial charge in [0.1, 0.15) is 5.82 Å². The summed E-state index contributed by atoms with van der Waals surface area (Å²) in [7, 11) is 0. The first-order chi connectivity index (χ1) is 10.2. The molecule has 22 heavy (non-hydrogen) atoms. The van der Waals surface area contributed by atoms with Gasteiger partial charge in [-0.2, -0.15) is 0 Å². The maximum atomic E-state index is 13.5. The van der Waals surface area contributed by atoms with Crippen molar-refractivity contribution in [3.05, 3.63) is 35.6 Å². The molecule has 6 heteroatoms. The Morgan fingerprint density at radius 3 is 2.86 bits per heavy atom. The number of nitrogens with one attached hydrogen (secondary N) is 2. The number of hydrogen-bond donors (Lipinski definition) is 2. The molecule has 2 aliphatic heterocycles. The highest BCUT2D eigenvalue weighted by Gasteiger charge is 2.29. The number of amides is 1. The van der Waals surface area contributed by atoms with E-state index in [1.165, 1.54) is 18.9 Å². The summed E-state index contributed by atoms with van der Waals surface area (Å²) in [6.45, 7) is 2.55. The maximum absolute atomic E-state index is 13.5.